The Morgan fingerprint density at radius 2 is 1.96 bits per heavy atom. The van der Waals surface area contributed by atoms with Crippen LogP contribution in [0.25, 0.3) is 5.69 Å². The number of thioether (sulfide) groups is 1. The summed E-state index contributed by atoms with van der Waals surface area (Å²) in [4.78, 5) is 13.8. The SMILES string of the molecule is O=C(N[C@H]1CCSc2ccccc21)c1ccc(-n2cccn2)cc1. The van der Waals surface area contributed by atoms with Gasteiger partial charge in [0.25, 0.3) is 5.91 Å². The van der Waals surface area contributed by atoms with Crippen molar-refractivity contribution in [1.29, 1.82) is 0 Å². The fourth-order valence-corrected chi connectivity index (χ4v) is 4.05. The molecule has 1 amide bonds. The second kappa shape index (κ2) is 6.53. The molecular weight excluding hydrogens is 318 g/mol. The van der Waals surface area contributed by atoms with E-state index in [-0.39, 0.29) is 11.9 Å². The highest BCUT2D eigenvalue weighted by Crippen LogP contribution is 2.35. The van der Waals surface area contributed by atoms with Gasteiger partial charge in [-0.3, -0.25) is 4.79 Å². The molecule has 0 saturated heterocycles. The van der Waals surface area contributed by atoms with E-state index in [4.69, 9.17) is 0 Å². The van der Waals surface area contributed by atoms with Crippen LogP contribution < -0.4 is 5.32 Å². The third-order valence-electron chi connectivity index (χ3n) is 4.16. The lowest BCUT2D eigenvalue weighted by atomic mass is 10.0. The summed E-state index contributed by atoms with van der Waals surface area (Å²) in [7, 11) is 0. The van der Waals surface area contributed by atoms with Gasteiger partial charge in [0.2, 0.25) is 0 Å². The molecule has 1 aromatic heterocycles. The predicted molar refractivity (Wildman–Crippen MR) is 95.6 cm³/mol. The van der Waals surface area contributed by atoms with E-state index in [2.05, 4.69) is 22.5 Å². The molecule has 0 bridgehead atoms. The van der Waals surface area contributed by atoms with Crippen LogP contribution in [0.2, 0.25) is 0 Å². The summed E-state index contributed by atoms with van der Waals surface area (Å²) in [6, 6.07) is 17.8. The Morgan fingerprint density at radius 1 is 1.12 bits per heavy atom. The number of hydrogen-bond acceptors (Lipinski definition) is 3. The van der Waals surface area contributed by atoms with Gasteiger partial charge in [-0.25, -0.2) is 4.68 Å². The van der Waals surface area contributed by atoms with E-state index >= 15 is 0 Å². The third kappa shape index (κ3) is 2.95. The van der Waals surface area contributed by atoms with E-state index in [1.807, 2.05) is 60.4 Å². The zero-order valence-electron chi connectivity index (χ0n) is 13.1. The van der Waals surface area contributed by atoms with Gasteiger partial charge in [0.1, 0.15) is 0 Å². The van der Waals surface area contributed by atoms with Crippen molar-refractivity contribution in [1.82, 2.24) is 15.1 Å². The Bertz CT molecular complexity index is 843. The molecule has 0 saturated carbocycles. The molecule has 0 radical (unpaired) electrons. The molecule has 4 rings (SSSR count). The van der Waals surface area contributed by atoms with E-state index in [0.717, 1.165) is 17.9 Å². The van der Waals surface area contributed by atoms with E-state index in [1.165, 1.54) is 10.5 Å². The average molecular weight is 335 g/mol. The van der Waals surface area contributed by atoms with Crippen molar-refractivity contribution in [2.24, 2.45) is 0 Å². The van der Waals surface area contributed by atoms with Crippen molar-refractivity contribution in [3.8, 4) is 5.69 Å². The number of carbonyl (C=O) groups excluding carboxylic acids is 1. The summed E-state index contributed by atoms with van der Waals surface area (Å²) in [5.41, 5.74) is 2.83. The minimum absolute atomic E-state index is 0.0336. The summed E-state index contributed by atoms with van der Waals surface area (Å²) >= 11 is 1.85. The lowest BCUT2D eigenvalue weighted by Crippen LogP contribution is -2.30. The van der Waals surface area contributed by atoms with Crippen LogP contribution in [0.4, 0.5) is 0 Å². The third-order valence-corrected chi connectivity index (χ3v) is 5.28. The maximum Gasteiger partial charge on any atom is 0.251 e. The highest BCUT2D eigenvalue weighted by Gasteiger charge is 2.22. The number of carbonyl (C=O) groups is 1. The van der Waals surface area contributed by atoms with Crippen molar-refractivity contribution in [2.45, 2.75) is 17.4 Å². The van der Waals surface area contributed by atoms with Crippen LogP contribution in [-0.2, 0) is 0 Å². The fourth-order valence-electron chi connectivity index (χ4n) is 2.92. The molecule has 5 heteroatoms. The first-order chi connectivity index (χ1) is 11.8. The van der Waals surface area contributed by atoms with Crippen LogP contribution in [0.5, 0.6) is 0 Å². The minimum Gasteiger partial charge on any atom is -0.345 e. The van der Waals surface area contributed by atoms with E-state index in [9.17, 15) is 4.79 Å². The zero-order chi connectivity index (χ0) is 16.4. The Hall–Kier alpha value is -2.53. The Kier molecular flexibility index (Phi) is 4.09. The number of nitrogens with zero attached hydrogens (tertiary/aromatic N) is 2. The van der Waals surface area contributed by atoms with E-state index in [1.54, 1.807) is 10.9 Å². The van der Waals surface area contributed by atoms with Gasteiger partial charge in [0.15, 0.2) is 0 Å². The molecule has 0 fully saturated rings. The molecule has 1 N–H and O–H groups in total. The normalized spacial score (nSPS) is 16.4. The quantitative estimate of drug-likeness (QED) is 0.791. The van der Waals surface area contributed by atoms with Gasteiger partial charge in [-0.05, 0) is 48.4 Å². The zero-order valence-corrected chi connectivity index (χ0v) is 13.9. The Morgan fingerprint density at radius 3 is 2.75 bits per heavy atom. The molecule has 1 atom stereocenters. The molecule has 2 heterocycles. The summed E-state index contributed by atoms with van der Waals surface area (Å²) in [5, 5.41) is 7.36. The lowest BCUT2D eigenvalue weighted by Gasteiger charge is -2.25. The van der Waals surface area contributed by atoms with Crippen LogP contribution in [0, 0.1) is 0 Å². The highest BCUT2D eigenvalue weighted by molar-refractivity contribution is 7.99. The standard InChI is InChI=1S/C19H17N3OS/c23-19(14-6-8-15(9-7-14)22-12-3-11-20-22)21-17-10-13-24-18-5-2-1-4-16(17)18/h1-9,11-12,17H,10,13H2,(H,21,23)/t17-/m0/s1. The van der Waals surface area contributed by atoms with Crippen molar-refractivity contribution in [3.05, 3.63) is 78.1 Å². The van der Waals surface area contributed by atoms with Gasteiger partial charge in [0, 0.05) is 28.6 Å². The summed E-state index contributed by atoms with van der Waals surface area (Å²) in [6.07, 6.45) is 4.57. The average Bonchev–Trinajstić information content (AvgIpc) is 3.17. The topological polar surface area (TPSA) is 46.9 Å². The second-order valence-corrected chi connectivity index (χ2v) is 6.84. The van der Waals surface area contributed by atoms with E-state index < -0.39 is 0 Å². The molecule has 1 aliphatic rings. The molecule has 3 aromatic rings. The number of fused-ring (bicyclic) bond motifs is 1. The molecule has 2 aromatic carbocycles. The smallest absolute Gasteiger partial charge is 0.251 e. The largest absolute Gasteiger partial charge is 0.345 e. The highest BCUT2D eigenvalue weighted by atomic mass is 32.2. The molecule has 0 unspecified atom stereocenters. The van der Waals surface area contributed by atoms with Gasteiger partial charge in [0.05, 0.1) is 11.7 Å². The fraction of sp³-hybridized carbons (Fsp3) is 0.158. The predicted octanol–water partition coefficient (Wildman–Crippen LogP) is 3.84. The van der Waals surface area contributed by atoms with Crippen molar-refractivity contribution >= 4 is 17.7 Å². The van der Waals surface area contributed by atoms with Gasteiger partial charge < -0.3 is 5.32 Å². The first-order valence-corrected chi connectivity index (χ1v) is 8.92. The van der Waals surface area contributed by atoms with Crippen LogP contribution in [-0.4, -0.2) is 21.4 Å². The number of hydrogen-bond donors (Lipinski definition) is 1. The van der Waals surface area contributed by atoms with Crippen LogP contribution in [0.15, 0.2) is 71.9 Å². The van der Waals surface area contributed by atoms with Gasteiger partial charge in [-0.1, -0.05) is 18.2 Å². The molecule has 4 nitrogen and oxygen atoms in total. The molecular formula is C19H17N3OS. The second-order valence-electron chi connectivity index (χ2n) is 5.70. The number of nitrogens with one attached hydrogen (secondary N) is 1. The lowest BCUT2D eigenvalue weighted by molar-refractivity contribution is 0.0935. The van der Waals surface area contributed by atoms with Crippen molar-refractivity contribution in [3.63, 3.8) is 0 Å². The van der Waals surface area contributed by atoms with Crippen LogP contribution in [0.3, 0.4) is 0 Å². The summed E-state index contributed by atoms with van der Waals surface area (Å²) in [5.74, 6) is 0.994. The van der Waals surface area contributed by atoms with Gasteiger partial charge in [-0.15, -0.1) is 11.8 Å². The summed E-state index contributed by atoms with van der Waals surface area (Å²) in [6.45, 7) is 0. The van der Waals surface area contributed by atoms with E-state index in [0.29, 0.717) is 5.56 Å². The number of rotatable bonds is 3. The van der Waals surface area contributed by atoms with Crippen molar-refractivity contribution < 1.29 is 4.79 Å². The molecule has 0 aliphatic carbocycles. The first-order valence-electron chi connectivity index (χ1n) is 7.94. The van der Waals surface area contributed by atoms with Gasteiger partial charge >= 0.3 is 0 Å². The Labute approximate surface area is 144 Å². The molecule has 24 heavy (non-hydrogen) atoms. The van der Waals surface area contributed by atoms with Gasteiger partial charge in [-0.2, -0.15) is 5.10 Å². The number of aromatic nitrogens is 2. The maximum atomic E-state index is 12.6. The monoisotopic (exact) mass is 335 g/mol. The molecule has 120 valence electrons. The molecule has 1 aliphatic heterocycles. The van der Waals surface area contributed by atoms with Crippen LogP contribution >= 0.6 is 11.8 Å². The minimum atomic E-state index is -0.0336. The van der Waals surface area contributed by atoms with Crippen LogP contribution in [0.1, 0.15) is 28.4 Å². The number of amides is 1. The molecule has 0 spiro atoms. The first kappa shape index (κ1) is 15.0. The maximum absolute atomic E-state index is 12.6. The summed E-state index contributed by atoms with van der Waals surface area (Å²) < 4.78 is 1.77. The Balaban J connectivity index is 1.51. The van der Waals surface area contributed by atoms with Crippen molar-refractivity contribution in [2.75, 3.05) is 5.75 Å². The number of benzene rings is 2.